The van der Waals surface area contributed by atoms with Gasteiger partial charge in [0.15, 0.2) is 0 Å². The van der Waals surface area contributed by atoms with Crippen LogP contribution in [0.25, 0.3) is 10.8 Å². The molecule has 11 heteroatoms. The van der Waals surface area contributed by atoms with Crippen molar-refractivity contribution in [3.05, 3.63) is 77.9 Å². The second-order valence-corrected chi connectivity index (χ2v) is 10.9. The molecule has 0 bridgehead atoms. The first kappa shape index (κ1) is 29.6. The van der Waals surface area contributed by atoms with Crippen molar-refractivity contribution in [1.29, 1.82) is 5.41 Å². The summed E-state index contributed by atoms with van der Waals surface area (Å²) < 4.78 is 36.8. The summed E-state index contributed by atoms with van der Waals surface area (Å²) in [5.41, 5.74) is 7.16. The molecular formula is C28H33N3O7S. The highest BCUT2D eigenvalue weighted by Gasteiger charge is 2.28. The Balaban J connectivity index is 0.000000771. The van der Waals surface area contributed by atoms with Gasteiger partial charge in [-0.05, 0) is 66.1 Å². The first-order chi connectivity index (χ1) is 18.5. The first-order valence-electron chi connectivity index (χ1n) is 12.4. The van der Waals surface area contributed by atoms with Gasteiger partial charge in [0.1, 0.15) is 18.2 Å². The molecule has 0 heterocycles. The van der Waals surface area contributed by atoms with E-state index < -0.39 is 16.2 Å². The van der Waals surface area contributed by atoms with Crippen molar-refractivity contribution in [1.82, 2.24) is 5.32 Å². The molecule has 1 amide bonds. The van der Waals surface area contributed by atoms with E-state index in [1.54, 1.807) is 12.1 Å². The Morgan fingerprint density at radius 3 is 2.26 bits per heavy atom. The molecule has 1 aliphatic carbocycles. The summed E-state index contributed by atoms with van der Waals surface area (Å²) in [7, 11) is -3.67. The summed E-state index contributed by atoms with van der Waals surface area (Å²) in [5.74, 6) is 0.500. The van der Waals surface area contributed by atoms with Gasteiger partial charge in [0, 0.05) is 12.1 Å². The Labute approximate surface area is 227 Å². The highest BCUT2D eigenvalue weighted by Crippen LogP contribution is 2.30. The van der Waals surface area contributed by atoms with Crippen molar-refractivity contribution < 1.29 is 32.0 Å². The van der Waals surface area contributed by atoms with Crippen molar-refractivity contribution in [3.8, 4) is 5.75 Å². The number of hydrogen-bond acceptors (Lipinski definition) is 7. The van der Waals surface area contributed by atoms with Crippen LogP contribution in [0.5, 0.6) is 5.75 Å². The Bertz CT molecular complexity index is 1400. The molecule has 0 spiro atoms. The zero-order valence-electron chi connectivity index (χ0n) is 21.6. The number of fused-ring (bicyclic) bond motifs is 1. The van der Waals surface area contributed by atoms with Crippen molar-refractivity contribution >= 4 is 38.8 Å². The maximum atomic E-state index is 12.7. The number of amidine groups is 1. The molecule has 39 heavy (non-hydrogen) atoms. The van der Waals surface area contributed by atoms with E-state index in [1.807, 2.05) is 54.6 Å². The van der Waals surface area contributed by atoms with E-state index in [4.69, 9.17) is 25.2 Å². The van der Waals surface area contributed by atoms with E-state index in [-0.39, 0.29) is 24.3 Å². The largest absolute Gasteiger partial charge is 0.445 e. The molecule has 1 saturated carbocycles. The number of nitrogens with two attached hydrogens (primary N) is 1. The molecular weight excluding hydrogens is 522 g/mol. The zero-order chi connectivity index (χ0) is 28.4. The van der Waals surface area contributed by atoms with Crippen molar-refractivity contribution in [2.45, 2.75) is 32.3 Å². The molecule has 0 aliphatic heterocycles. The number of nitrogens with one attached hydrogen (secondary N) is 2. The number of benzene rings is 3. The minimum Gasteiger partial charge on any atom is -0.445 e. The quantitative estimate of drug-likeness (QED) is 0.110. The fraction of sp³-hybridized carbons (Fsp3) is 0.321. The molecule has 3 aromatic carbocycles. The average Bonchev–Trinajstić information content (AvgIpc) is 2.90. The predicted octanol–water partition coefficient (Wildman–Crippen LogP) is 4.27. The maximum absolute atomic E-state index is 12.7. The van der Waals surface area contributed by atoms with Gasteiger partial charge in [0.25, 0.3) is 10.1 Å². The Kier molecular flexibility index (Phi) is 10.4. The number of esters is 1. The highest BCUT2D eigenvalue weighted by molar-refractivity contribution is 7.85. The van der Waals surface area contributed by atoms with E-state index in [0.29, 0.717) is 30.0 Å². The number of hydrogen-bond donors (Lipinski definition) is 4. The lowest BCUT2D eigenvalue weighted by Gasteiger charge is -2.27. The molecule has 0 radical (unpaired) electrons. The normalized spacial score (nSPS) is 16.9. The van der Waals surface area contributed by atoms with E-state index in [2.05, 4.69) is 5.32 Å². The van der Waals surface area contributed by atoms with E-state index in [0.717, 1.165) is 42.0 Å². The second kappa shape index (κ2) is 13.7. The summed E-state index contributed by atoms with van der Waals surface area (Å²) in [6, 6.07) is 20.5. The molecule has 3 aromatic rings. The number of alkyl carbamates (subject to hydrolysis) is 1. The van der Waals surface area contributed by atoms with E-state index >= 15 is 0 Å². The summed E-state index contributed by atoms with van der Waals surface area (Å²) >= 11 is 0. The van der Waals surface area contributed by atoms with Crippen LogP contribution in [0, 0.1) is 17.2 Å². The topological polar surface area (TPSA) is 169 Å². The predicted molar refractivity (Wildman–Crippen MR) is 148 cm³/mol. The molecule has 10 nitrogen and oxygen atoms in total. The molecule has 0 unspecified atom stereocenters. The van der Waals surface area contributed by atoms with Crippen LogP contribution in [-0.2, 0) is 26.3 Å². The Morgan fingerprint density at radius 1 is 1.00 bits per heavy atom. The smallest absolute Gasteiger partial charge is 0.407 e. The average molecular weight is 556 g/mol. The lowest BCUT2D eigenvalue weighted by molar-refractivity contribution is -0.140. The van der Waals surface area contributed by atoms with Gasteiger partial charge in [-0.25, -0.2) is 4.79 Å². The van der Waals surface area contributed by atoms with Crippen molar-refractivity contribution in [2.75, 3.05) is 12.8 Å². The van der Waals surface area contributed by atoms with Crippen LogP contribution < -0.4 is 15.8 Å². The van der Waals surface area contributed by atoms with Gasteiger partial charge in [0.2, 0.25) is 0 Å². The van der Waals surface area contributed by atoms with Gasteiger partial charge in [-0.1, -0.05) is 48.5 Å². The SMILES string of the molecule is CS(=O)(=O)O.N=C(N)c1ccc2cc(OC(=O)[C@H]3CC[C@H](CNC(=O)OCc4ccccc4)CC3)ccc2c1. The molecule has 208 valence electrons. The standard InChI is InChI=1S/C27H29N3O4.CH4O3S/c28-25(29)23-11-10-22-15-24(13-12-21(22)14-23)34-26(31)20-8-6-18(7-9-20)16-30-27(32)33-17-19-4-2-1-3-5-19;1-5(2,3)4/h1-5,10-15,18,20H,6-9,16-17H2,(H3,28,29)(H,30,32);1H3,(H,2,3,4)/t18-,20-;. The second-order valence-electron chi connectivity index (χ2n) is 9.45. The Hall–Kier alpha value is -3.96. The number of rotatable bonds is 7. The third-order valence-corrected chi connectivity index (χ3v) is 6.27. The third-order valence-electron chi connectivity index (χ3n) is 6.27. The highest BCUT2D eigenvalue weighted by atomic mass is 32.2. The summed E-state index contributed by atoms with van der Waals surface area (Å²) in [5, 5.41) is 12.2. The molecule has 0 aromatic heterocycles. The first-order valence-corrected chi connectivity index (χ1v) is 14.3. The number of carbonyl (C=O) groups is 2. The van der Waals surface area contributed by atoms with Crippen LogP contribution in [0.1, 0.15) is 36.8 Å². The van der Waals surface area contributed by atoms with Crippen molar-refractivity contribution in [3.63, 3.8) is 0 Å². The van der Waals surface area contributed by atoms with Crippen LogP contribution in [0.15, 0.2) is 66.7 Å². The van der Waals surface area contributed by atoms with Crippen LogP contribution in [0.3, 0.4) is 0 Å². The fourth-order valence-electron chi connectivity index (χ4n) is 4.26. The fourth-order valence-corrected chi connectivity index (χ4v) is 4.26. The minimum absolute atomic E-state index is 0.0206. The molecule has 1 aliphatic rings. The number of nitrogen functional groups attached to an aromatic ring is 1. The molecule has 0 saturated heterocycles. The van der Waals surface area contributed by atoms with E-state index in [9.17, 15) is 18.0 Å². The maximum Gasteiger partial charge on any atom is 0.407 e. The summed E-state index contributed by atoms with van der Waals surface area (Å²) in [6.07, 6.45) is 3.47. The van der Waals surface area contributed by atoms with Crippen LogP contribution in [0.4, 0.5) is 4.79 Å². The van der Waals surface area contributed by atoms with Gasteiger partial charge < -0.3 is 20.5 Å². The molecule has 0 atom stereocenters. The Morgan fingerprint density at radius 2 is 1.62 bits per heavy atom. The van der Waals surface area contributed by atoms with Crippen LogP contribution >= 0.6 is 0 Å². The van der Waals surface area contributed by atoms with Gasteiger partial charge in [-0.3, -0.25) is 14.8 Å². The lowest BCUT2D eigenvalue weighted by Crippen LogP contribution is -2.33. The van der Waals surface area contributed by atoms with Gasteiger partial charge in [0.05, 0.1) is 12.2 Å². The molecule has 1 fully saturated rings. The van der Waals surface area contributed by atoms with Crippen molar-refractivity contribution in [2.24, 2.45) is 17.6 Å². The molecule has 4 rings (SSSR count). The monoisotopic (exact) mass is 555 g/mol. The summed E-state index contributed by atoms with van der Waals surface area (Å²) in [6.45, 7) is 0.792. The van der Waals surface area contributed by atoms with Gasteiger partial charge in [-0.2, -0.15) is 8.42 Å². The third kappa shape index (κ3) is 10.4. The minimum atomic E-state index is -3.67. The summed E-state index contributed by atoms with van der Waals surface area (Å²) in [4.78, 5) is 24.6. The number of amides is 1. The lowest BCUT2D eigenvalue weighted by atomic mass is 9.82. The number of carbonyl (C=O) groups excluding carboxylic acids is 2. The van der Waals surface area contributed by atoms with E-state index in [1.165, 1.54) is 0 Å². The van der Waals surface area contributed by atoms with Crippen LogP contribution in [-0.4, -0.2) is 43.7 Å². The van der Waals surface area contributed by atoms with Crippen LogP contribution in [0.2, 0.25) is 0 Å². The van der Waals surface area contributed by atoms with Gasteiger partial charge in [-0.15, -0.1) is 0 Å². The zero-order valence-corrected chi connectivity index (χ0v) is 22.4. The number of ether oxygens (including phenoxy) is 2. The molecule has 5 N–H and O–H groups in total. The van der Waals surface area contributed by atoms with Gasteiger partial charge >= 0.3 is 12.1 Å².